The fraction of sp³-hybridized carbons (Fsp3) is 0.467. The maximum Gasteiger partial charge on any atom is 0.119 e. The molecule has 1 aromatic heterocycles. The summed E-state index contributed by atoms with van der Waals surface area (Å²) in [5, 5.41) is 17.1. The van der Waals surface area contributed by atoms with Crippen molar-refractivity contribution in [2.75, 3.05) is 13.2 Å². The minimum atomic E-state index is 0.192. The number of nitrogens with zero attached hydrogens (tertiary/aromatic N) is 3. The van der Waals surface area contributed by atoms with E-state index in [-0.39, 0.29) is 6.61 Å². The predicted octanol–water partition coefficient (Wildman–Crippen LogP) is 1.98. The molecular formula is C15H21N3O2. The van der Waals surface area contributed by atoms with E-state index in [1.807, 2.05) is 41.9 Å². The Morgan fingerprint density at radius 3 is 2.75 bits per heavy atom. The lowest BCUT2D eigenvalue weighted by Crippen LogP contribution is -2.07. The fourth-order valence-electron chi connectivity index (χ4n) is 2.01. The average Bonchev–Trinajstić information content (AvgIpc) is 2.83. The third-order valence-electron chi connectivity index (χ3n) is 3.18. The predicted molar refractivity (Wildman–Crippen MR) is 76.7 cm³/mol. The second-order valence-corrected chi connectivity index (χ2v) is 4.69. The second kappa shape index (κ2) is 7.65. The highest BCUT2D eigenvalue weighted by atomic mass is 16.5. The van der Waals surface area contributed by atoms with Gasteiger partial charge in [0.1, 0.15) is 5.75 Å². The monoisotopic (exact) mass is 275 g/mol. The Morgan fingerprint density at radius 1 is 1.20 bits per heavy atom. The second-order valence-electron chi connectivity index (χ2n) is 4.69. The molecule has 0 bridgehead atoms. The molecule has 20 heavy (non-hydrogen) atoms. The van der Waals surface area contributed by atoms with Crippen LogP contribution < -0.4 is 4.74 Å². The molecule has 0 aliphatic heterocycles. The number of aliphatic hydroxyl groups is 1. The molecule has 0 spiro atoms. The van der Waals surface area contributed by atoms with Gasteiger partial charge in [-0.1, -0.05) is 23.4 Å². The van der Waals surface area contributed by atoms with Crippen molar-refractivity contribution < 1.29 is 9.84 Å². The number of para-hydroxylation sites is 1. The van der Waals surface area contributed by atoms with Crippen LogP contribution in [0.1, 0.15) is 24.2 Å². The van der Waals surface area contributed by atoms with Crippen molar-refractivity contribution in [1.29, 1.82) is 0 Å². The topological polar surface area (TPSA) is 60.2 Å². The first-order chi connectivity index (χ1) is 9.81. The van der Waals surface area contributed by atoms with E-state index in [0.29, 0.717) is 6.61 Å². The summed E-state index contributed by atoms with van der Waals surface area (Å²) in [6.45, 7) is 3.67. The quantitative estimate of drug-likeness (QED) is 0.748. The minimum Gasteiger partial charge on any atom is -0.494 e. The number of rotatable bonds is 8. The van der Waals surface area contributed by atoms with Crippen LogP contribution in [-0.2, 0) is 13.0 Å². The molecule has 0 atom stereocenters. The third kappa shape index (κ3) is 4.06. The van der Waals surface area contributed by atoms with Gasteiger partial charge in [-0.3, -0.25) is 0 Å². The van der Waals surface area contributed by atoms with Gasteiger partial charge in [0.2, 0.25) is 0 Å². The van der Waals surface area contributed by atoms with Gasteiger partial charge >= 0.3 is 0 Å². The van der Waals surface area contributed by atoms with E-state index in [1.165, 1.54) is 0 Å². The van der Waals surface area contributed by atoms with Crippen LogP contribution in [0.25, 0.3) is 0 Å². The van der Waals surface area contributed by atoms with Crippen LogP contribution in [0.15, 0.2) is 30.3 Å². The van der Waals surface area contributed by atoms with Gasteiger partial charge in [0, 0.05) is 19.6 Å². The molecule has 2 aromatic rings. The number of ether oxygens (including phenoxy) is 1. The molecule has 0 aliphatic carbocycles. The molecule has 0 amide bonds. The SMILES string of the molecule is Cc1c(CCCO)nnn1CCCOc1ccccc1. The Hall–Kier alpha value is -1.88. The largest absolute Gasteiger partial charge is 0.494 e. The van der Waals surface area contributed by atoms with Gasteiger partial charge in [-0.15, -0.1) is 5.10 Å². The molecule has 1 aromatic carbocycles. The molecule has 0 aliphatic rings. The summed E-state index contributed by atoms with van der Waals surface area (Å²) in [5.41, 5.74) is 2.06. The summed E-state index contributed by atoms with van der Waals surface area (Å²) in [5.74, 6) is 0.895. The van der Waals surface area contributed by atoms with E-state index in [2.05, 4.69) is 10.3 Å². The van der Waals surface area contributed by atoms with Crippen LogP contribution in [0.2, 0.25) is 0 Å². The highest BCUT2D eigenvalue weighted by molar-refractivity contribution is 5.20. The van der Waals surface area contributed by atoms with E-state index in [1.54, 1.807) is 0 Å². The minimum absolute atomic E-state index is 0.192. The van der Waals surface area contributed by atoms with Crippen LogP contribution in [0.4, 0.5) is 0 Å². The van der Waals surface area contributed by atoms with Crippen molar-refractivity contribution in [2.45, 2.75) is 32.7 Å². The molecule has 2 rings (SSSR count). The number of aryl methyl sites for hydroxylation is 2. The molecule has 0 radical (unpaired) electrons. The summed E-state index contributed by atoms with van der Waals surface area (Å²) in [4.78, 5) is 0. The Labute approximate surface area is 119 Å². The number of hydrogen-bond donors (Lipinski definition) is 1. The number of hydrogen-bond acceptors (Lipinski definition) is 4. The van der Waals surface area contributed by atoms with Gasteiger partial charge in [-0.05, 0) is 31.9 Å². The van der Waals surface area contributed by atoms with Crippen molar-refractivity contribution >= 4 is 0 Å². The average molecular weight is 275 g/mol. The molecule has 5 heteroatoms. The van der Waals surface area contributed by atoms with E-state index < -0.39 is 0 Å². The number of benzene rings is 1. The van der Waals surface area contributed by atoms with Gasteiger partial charge in [-0.2, -0.15) is 0 Å². The zero-order chi connectivity index (χ0) is 14.2. The normalized spacial score (nSPS) is 10.7. The lowest BCUT2D eigenvalue weighted by molar-refractivity contribution is 0.288. The molecule has 1 N–H and O–H groups in total. The smallest absolute Gasteiger partial charge is 0.119 e. The van der Waals surface area contributed by atoms with Gasteiger partial charge in [0.15, 0.2) is 0 Å². The third-order valence-corrected chi connectivity index (χ3v) is 3.18. The maximum absolute atomic E-state index is 8.84. The van der Waals surface area contributed by atoms with Crippen molar-refractivity contribution in [3.63, 3.8) is 0 Å². The van der Waals surface area contributed by atoms with E-state index >= 15 is 0 Å². The highest BCUT2D eigenvalue weighted by Gasteiger charge is 2.07. The lowest BCUT2D eigenvalue weighted by atomic mass is 10.2. The van der Waals surface area contributed by atoms with Crippen LogP contribution >= 0.6 is 0 Å². The summed E-state index contributed by atoms with van der Waals surface area (Å²) in [7, 11) is 0. The van der Waals surface area contributed by atoms with Crippen molar-refractivity contribution in [2.24, 2.45) is 0 Å². The number of aromatic nitrogens is 3. The first-order valence-electron chi connectivity index (χ1n) is 6.99. The van der Waals surface area contributed by atoms with E-state index in [0.717, 1.165) is 42.9 Å². The highest BCUT2D eigenvalue weighted by Crippen LogP contribution is 2.10. The zero-order valence-electron chi connectivity index (χ0n) is 11.8. The first kappa shape index (κ1) is 14.5. The standard InChI is InChI=1S/C15H21N3O2/c1-13-15(9-5-11-19)16-17-18(13)10-6-12-20-14-7-3-2-4-8-14/h2-4,7-8,19H,5-6,9-12H2,1H3. The van der Waals surface area contributed by atoms with Crippen molar-refractivity contribution in [3.05, 3.63) is 41.7 Å². The maximum atomic E-state index is 8.84. The zero-order valence-corrected chi connectivity index (χ0v) is 11.8. The van der Waals surface area contributed by atoms with Gasteiger partial charge < -0.3 is 9.84 Å². The van der Waals surface area contributed by atoms with Crippen LogP contribution in [-0.4, -0.2) is 33.3 Å². The number of aliphatic hydroxyl groups excluding tert-OH is 1. The molecule has 0 saturated heterocycles. The van der Waals surface area contributed by atoms with Crippen molar-refractivity contribution in [1.82, 2.24) is 15.0 Å². The van der Waals surface area contributed by atoms with Crippen LogP contribution in [0.5, 0.6) is 5.75 Å². The summed E-state index contributed by atoms with van der Waals surface area (Å²) in [6, 6.07) is 9.80. The fourth-order valence-corrected chi connectivity index (χ4v) is 2.01. The molecule has 1 heterocycles. The van der Waals surface area contributed by atoms with Crippen LogP contribution in [0, 0.1) is 6.92 Å². The molecule has 0 fully saturated rings. The molecule has 108 valence electrons. The Morgan fingerprint density at radius 2 is 2.00 bits per heavy atom. The summed E-state index contributed by atoms with van der Waals surface area (Å²) >= 11 is 0. The Kier molecular flexibility index (Phi) is 5.55. The lowest BCUT2D eigenvalue weighted by Gasteiger charge is -2.06. The Bertz CT molecular complexity index is 511. The van der Waals surface area contributed by atoms with E-state index in [9.17, 15) is 0 Å². The van der Waals surface area contributed by atoms with Crippen LogP contribution in [0.3, 0.4) is 0 Å². The molecule has 0 unspecified atom stereocenters. The van der Waals surface area contributed by atoms with Gasteiger partial charge in [0.25, 0.3) is 0 Å². The molecule has 5 nitrogen and oxygen atoms in total. The van der Waals surface area contributed by atoms with Gasteiger partial charge in [-0.25, -0.2) is 4.68 Å². The first-order valence-corrected chi connectivity index (χ1v) is 6.99. The van der Waals surface area contributed by atoms with Crippen molar-refractivity contribution in [3.8, 4) is 5.75 Å². The molecular weight excluding hydrogens is 254 g/mol. The van der Waals surface area contributed by atoms with Gasteiger partial charge in [0.05, 0.1) is 18.0 Å². The summed E-state index contributed by atoms with van der Waals surface area (Å²) < 4.78 is 7.55. The molecule has 0 saturated carbocycles. The van der Waals surface area contributed by atoms with E-state index in [4.69, 9.17) is 9.84 Å². The summed E-state index contributed by atoms with van der Waals surface area (Å²) in [6.07, 6.45) is 2.40. The Balaban J connectivity index is 1.75.